The topological polar surface area (TPSA) is 113 Å². The van der Waals surface area contributed by atoms with Crippen LogP contribution in [0.15, 0.2) is 54.9 Å². The SMILES string of the molecule is O=C1CNC[C@@H](CNC(=O)c2ccc(-c3ccnn3NCCc3cccc(F)c3)nc2)N1. The molecular formula is C22H24FN7O2. The second kappa shape index (κ2) is 10.0. The van der Waals surface area contributed by atoms with Crippen LogP contribution in [0.1, 0.15) is 15.9 Å². The quantitative estimate of drug-likeness (QED) is 0.413. The van der Waals surface area contributed by atoms with Gasteiger partial charge in [-0.2, -0.15) is 9.89 Å². The number of halogens is 1. The minimum Gasteiger partial charge on any atom is -0.350 e. The molecule has 1 saturated heterocycles. The van der Waals surface area contributed by atoms with Crippen molar-refractivity contribution in [2.75, 3.05) is 31.6 Å². The predicted molar refractivity (Wildman–Crippen MR) is 117 cm³/mol. The third-order valence-electron chi connectivity index (χ3n) is 5.05. The number of nitrogens with zero attached hydrogens (tertiary/aromatic N) is 3. The fraction of sp³-hybridized carbons (Fsp3) is 0.273. The van der Waals surface area contributed by atoms with Gasteiger partial charge in [0.15, 0.2) is 0 Å². The van der Waals surface area contributed by atoms with E-state index in [0.29, 0.717) is 43.9 Å². The van der Waals surface area contributed by atoms with E-state index >= 15 is 0 Å². The average Bonchev–Trinajstić information content (AvgIpc) is 3.26. The maximum Gasteiger partial charge on any atom is 0.252 e. The van der Waals surface area contributed by atoms with Gasteiger partial charge in [-0.25, -0.2) is 4.39 Å². The molecule has 0 aliphatic carbocycles. The van der Waals surface area contributed by atoms with Gasteiger partial charge >= 0.3 is 0 Å². The second-order valence-corrected chi connectivity index (χ2v) is 7.45. The first-order chi connectivity index (χ1) is 15.6. The van der Waals surface area contributed by atoms with E-state index in [2.05, 4.69) is 31.5 Å². The molecule has 3 aromatic rings. The third kappa shape index (κ3) is 5.46. The van der Waals surface area contributed by atoms with Gasteiger partial charge in [0.25, 0.3) is 5.91 Å². The smallest absolute Gasteiger partial charge is 0.252 e. The summed E-state index contributed by atoms with van der Waals surface area (Å²) < 4.78 is 13.3. The number of hydrogen-bond acceptors (Lipinski definition) is 6. The van der Waals surface area contributed by atoms with E-state index in [0.717, 1.165) is 11.3 Å². The number of carbonyl (C=O) groups is 2. The highest BCUT2D eigenvalue weighted by Crippen LogP contribution is 2.16. The molecule has 3 heterocycles. The van der Waals surface area contributed by atoms with Crippen LogP contribution >= 0.6 is 0 Å². The Balaban J connectivity index is 1.32. The maximum absolute atomic E-state index is 13.3. The number of hydrogen-bond donors (Lipinski definition) is 4. The van der Waals surface area contributed by atoms with E-state index in [1.165, 1.54) is 18.3 Å². The van der Waals surface area contributed by atoms with Gasteiger partial charge in [-0.05, 0) is 42.3 Å². The Kier molecular flexibility index (Phi) is 6.71. The van der Waals surface area contributed by atoms with Gasteiger partial charge in [0.1, 0.15) is 11.5 Å². The number of piperazine rings is 1. The summed E-state index contributed by atoms with van der Waals surface area (Å²) in [5.74, 6) is -0.593. The van der Waals surface area contributed by atoms with Crippen molar-refractivity contribution in [2.45, 2.75) is 12.5 Å². The highest BCUT2D eigenvalue weighted by Gasteiger charge is 2.18. The van der Waals surface area contributed by atoms with Crippen LogP contribution in [-0.2, 0) is 11.2 Å². The number of benzene rings is 1. The van der Waals surface area contributed by atoms with Crippen molar-refractivity contribution in [1.82, 2.24) is 30.8 Å². The molecule has 1 aliphatic rings. The van der Waals surface area contributed by atoms with Crippen LogP contribution in [0.25, 0.3) is 11.4 Å². The standard InChI is InChI=1S/C22H24FN7O2/c23-17-3-1-2-15(10-17)6-8-27-30-20(7-9-28-30)19-5-4-16(11-25-19)22(32)26-13-18-12-24-14-21(31)29-18/h1-5,7,9-11,18,24,27H,6,8,12-14H2,(H,26,32)(H,29,31)/t18-/m0/s1. The van der Waals surface area contributed by atoms with Crippen LogP contribution in [0.2, 0.25) is 0 Å². The summed E-state index contributed by atoms with van der Waals surface area (Å²) in [4.78, 5) is 29.8. The molecule has 10 heteroatoms. The Morgan fingerprint density at radius 3 is 2.94 bits per heavy atom. The first-order valence-electron chi connectivity index (χ1n) is 10.4. The van der Waals surface area contributed by atoms with Crippen molar-refractivity contribution in [2.24, 2.45) is 0 Å². The van der Waals surface area contributed by atoms with Crippen molar-refractivity contribution < 1.29 is 14.0 Å². The summed E-state index contributed by atoms with van der Waals surface area (Å²) in [7, 11) is 0. The van der Waals surface area contributed by atoms with Crippen LogP contribution in [-0.4, -0.2) is 58.9 Å². The number of amides is 2. The van der Waals surface area contributed by atoms with E-state index in [4.69, 9.17) is 0 Å². The summed E-state index contributed by atoms with van der Waals surface area (Å²) in [5, 5.41) is 12.9. The normalized spacial score (nSPS) is 15.8. The van der Waals surface area contributed by atoms with Crippen LogP contribution in [0.3, 0.4) is 0 Å². The number of pyridine rings is 1. The Morgan fingerprint density at radius 2 is 2.16 bits per heavy atom. The molecule has 0 radical (unpaired) electrons. The molecular weight excluding hydrogens is 413 g/mol. The molecule has 1 aromatic carbocycles. The zero-order valence-corrected chi connectivity index (χ0v) is 17.3. The van der Waals surface area contributed by atoms with Crippen LogP contribution in [0.5, 0.6) is 0 Å². The van der Waals surface area contributed by atoms with Crippen LogP contribution in [0.4, 0.5) is 4.39 Å². The number of rotatable bonds is 8. The Bertz CT molecular complexity index is 1080. The molecule has 0 spiro atoms. The number of carbonyl (C=O) groups excluding carboxylic acids is 2. The number of aromatic nitrogens is 3. The molecule has 1 atom stereocenters. The molecule has 0 unspecified atom stereocenters. The average molecular weight is 437 g/mol. The molecule has 1 fully saturated rings. The first kappa shape index (κ1) is 21.4. The molecule has 2 amide bonds. The van der Waals surface area contributed by atoms with Gasteiger partial charge in [-0.1, -0.05) is 12.1 Å². The minimum absolute atomic E-state index is 0.0809. The van der Waals surface area contributed by atoms with E-state index in [1.54, 1.807) is 29.2 Å². The minimum atomic E-state index is -0.259. The zero-order chi connectivity index (χ0) is 22.3. The van der Waals surface area contributed by atoms with Gasteiger partial charge in [-0.3, -0.25) is 14.6 Å². The zero-order valence-electron chi connectivity index (χ0n) is 17.3. The lowest BCUT2D eigenvalue weighted by Gasteiger charge is -2.24. The molecule has 2 aromatic heterocycles. The molecule has 9 nitrogen and oxygen atoms in total. The summed E-state index contributed by atoms with van der Waals surface area (Å²) in [6.07, 6.45) is 3.80. The van der Waals surface area contributed by atoms with Gasteiger partial charge in [-0.15, -0.1) is 0 Å². The third-order valence-corrected chi connectivity index (χ3v) is 5.05. The summed E-state index contributed by atoms with van der Waals surface area (Å²) >= 11 is 0. The van der Waals surface area contributed by atoms with Crippen LogP contribution < -0.4 is 21.4 Å². The molecule has 0 bridgehead atoms. The summed E-state index contributed by atoms with van der Waals surface area (Å²) in [6, 6.07) is 11.6. The van der Waals surface area contributed by atoms with E-state index < -0.39 is 0 Å². The predicted octanol–water partition coefficient (Wildman–Crippen LogP) is 0.688. The Hall–Kier alpha value is -3.79. The van der Waals surface area contributed by atoms with E-state index in [-0.39, 0.29) is 23.7 Å². The van der Waals surface area contributed by atoms with Crippen molar-refractivity contribution in [3.05, 3.63) is 71.8 Å². The molecule has 4 N–H and O–H groups in total. The highest BCUT2D eigenvalue weighted by molar-refractivity contribution is 5.94. The van der Waals surface area contributed by atoms with Gasteiger partial charge in [0.05, 0.1) is 30.0 Å². The lowest BCUT2D eigenvalue weighted by atomic mass is 10.1. The molecule has 4 rings (SSSR count). The van der Waals surface area contributed by atoms with E-state index in [1.807, 2.05) is 12.1 Å². The van der Waals surface area contributed by atoms with E-state index in [9.17, 15) is 14.0 Å². The van der Waals surface area contributed by atoms with Gasteiger partial charge < -0.3 is 21.4 Å². The van der Waals surface area contributed by atoms with Crippen molar-refractivity contribution in [3.8, 4) is 11.4 Å². The van der Waals surface area contributed by atoms with Crippen molar-refractivity contribution in [1.29, 1.82) is 0 Å². The maximum atomic E-state index is 13.3. The number of nitrogens with one attached hydrogen (secondary N) is 4. The van der Waals surface area contributed by atoms with Gasteiger partial charge in [0, 0.05) is 25.8 Å². The lowest BCUT2D eigenvalue weighted by molar-refractivity contribution is -0.122. The Labute approximate surface area is 184 Å². The first-order valence-corrected chi connectivity index (χ1v) is 10.4. The lowest BCUT2D eigenvalue weighted by Crippen LogP contribution is -2.56. The molecule has 32 heavy (non-hydrogen) atoms. The molecule has 166 valence electrons. The monoisotopic (exact) mass is 437 g/mol. The Morgan fingerprint density at radius 1 is 1.25 bits per heavy atom. The van der Waals surface area contributed by atoms with Crippen molar-refractivity contribution in [3.63, 3.8) is 0 Å². The molecule has 1 aliphatic heterocycles. The largest absolute Gasteiger partial charge is 0.350 e. The fourth-order valence-corrected chi connectivity index (χ4v) is 3.43. The van der Waals surface area contributed by atoms with Gasteiger partial charge in [0.2, 0.25) is 5.91 Å². The highest BCUT2D eigenvalue weighted by atomic mass is 19.1. The summed E-state index contributed by atoms with van der Waals surface area (Å²) in [6.45, 7) is 1.80. The van der Waals surface area contributed by atoms with Crippen LogP contribution in [0, 0.1) is 5.82 Å². The summed E-state index contributed by atoms with van der Waals surface area (Å²) in [5.41, 5.74) is 5.89. The van der Waals surface area contributed by atoms with Crippen molar-refractivity contribution >= 4 is 11.8 Å². The second-order valence-electron chi connectivity index (χ2n) is 7.45. The fourth-order valence-electron chi connectivity index (χ4n) is 3.43. The molecule has 0 saturated carbocycles.